The molecule has 1 aromatic carbocycles. The van der Waals surface area contributed by atoms with Crippen molar-refractivity contribution in [3.8, 4) is 0 Å². The number of nitrogens with one attached hydrogen (secondary N) is 1. The molecule has 2 fully saturated rings. The van der Waals surface area contributed by atoms with Crippen molar-refractivity contribution >= 4 is 11.6 Å². The first kappa shape index (κ1) is 10.7. The third-order valence-electron chi connectivity index (χ3n) is 3.58. The molecule has 2 N–H and O–H groups in total. The lowest BCUT2D eigenvalue weighted by molar-refractivity contribution is -0.117. The van der Waals surface area contributed by atoms with Gasteiger partial charge in [0.1, 0.15) is 0 Å². The van der Waals surface area contributed by atoms with E-state index in [2.05, 4.69) is 5.43 Å². The molecule has 1 saturated carbocycles. The van der Waals surface area contributed by atoms with E-state index >= 15 is 0 Å². The number of aliphatic hydroxyl groups is 1. The normalized spacial score (nSPS) is 23.2. The van der Waals surface area contributed by atoms with E-state index in [4.69, 9.17) is 0 Å². The smallest absolute Gasteiger partial charge is 0.243 e. The van der Waals surface area contributed by atoms with E-state index < -0.39 is 6.10 Å². The summed E-state index contributed by atoms with van der Waals surface area (Å²) in [5.41, 5.74) is 5.05. The van der Waals surface area contributed by atoms with Crippen molar-refractivity contribution in [2.75, 3.05) is 5.01 Å². The molecule has 1 unspecified atom stereocenters. The fourth-order valence-corrected chi connectivity index (χ4v) is 2.26. The van der Waals surface area contributed by atoms with Crippen LogP contribution in [-0.4, -0.2) is 16.6 Å². The zero-order chi connectivity index (χ0) is 12.0. The Morgan fingerprint density at radius 1 is 1.35 bits per heavy atom. The summed E-state index contributed by atoms with van der Waals surface area (Å²) < 4.78 is 0. The summed E-state index contributed by atoms with van der Waals surface area (Å²) in [5, 5.41) is 11.1. The molecular formula is C13H16N2O2. The van der Waals surface area contributed by atoms with E-state index in [0.29, 0.717) is 6.42 Å². The van der Waals surface area contributed by atoms with Crippen LogP contribution in [0.4, 0.5) is 5.69 Å². The molecule has 0 aromatic heterocycles. The van der Waals surface area contributed by atoms with Gasteiger partial charge in [0.25, 0.3) is 0 Å². The van der Waals surface area contributed by atoms with Crippen molar-refractivity contribution in [2.45, 2.75) is 37.8 Å². The summed E-state index contributed by atoms with van der Waals surface area (Å²) in [5.74, 6) is 0.132. The quantitative estimate of drug-likeness (QED) is 0.812. The van der Waals surface area contributed by atoms with Gasteiger partial charge in [0.05, 0.1) is 11.8 Å². The molecule has 17 heavy (non-hydrogen) atoms. The second-order valence-electron chi connectivity index (χ2n) is 5.07. The van der Waals surface area contributed by atoms with E-state index in [0.717, 1.165) is 24.1 Å². The van der Waals surface area contributed by atoms with Gasteiger partial charge in [-0.25, -0.2) is 10.4 Å². The number of carbonyl (C=O) groups is 1. The van der Waals surface area contributed by atoms with E-state index in [1.165, 1.54) is 0 Å². The maximum atomic E-state index is 11.9. The lowest BCUT2D eigenvalue weighted by Gasteiger charge is -2.18. The molecule has 1 heterocycles. The molecule has 1 saturated heterocycles. The second-order valence-corrected chi connectivity index (χ2v) is 5.07. The maximum Gasteiger partial charge on any atom is 0.243 e. The third-order valence-corrected chi connectivity index (χ3v) is 3.58. The number of amides is 1. The average molecular weight is 232 g/mol. The highest BCUT2D eigenvalue weighted by Gasteiger charge is 2.52. The zero-order valence-electron chi connectivity index (χ0n) is 9.81. The van der Waals surface area contributed by atoms with Gasteiger partial charge in [-0.2, -0.15) is 0 Å². The molecule has 4 heteroatoms. The highest BCUT2D eigenvalue weighted by atomic mass is 16.3. The van der Waals surface area contributed by atoms with Crippen molar-refractivity contribution in [1.29, 1.82) is 0 Å². The summed E-state index contributed by atoms with van der Waals surface area (Å²) >= 11 is 0. The molecule has 1 aliphatic heterocycles. The molecule has 3 rings (SSSR count). The first-order valence-corrected chi connectivity index (χ1v) is 5.98. The van der Waals surface area contributed by atoms with E-state index in [-0.39, 0.29) is 11.4 Å². The minimum absolute atomic E-state index is 0.0556. The van der Waals surface area contributed by atoms with Crippen molar-refractivity contribution in [2.24, 2.45) is 0 Å². The lowest BCUT2D eigenvalue weighted by atomic mass is 10.1. The minimum atomic E-state index is -0.471. The molecule has 1 amide bonds. The van der Waals surface area contributed by atoms with Gasteiger partial charge >= 0.3 is 0 Å². The first-order valence-electron chi connectivity index (χ1n) is 5.98. The summed E-state index contributed by atoms with van der Waals surface area (Å²) in [4.78, 5) is 11.9. The van der Waals surface area contributed by atoms with E-state index in [9.17, 15) is 9.90 Å². The molecule has 0 radical (unpaired) electrons. The first-order chi connectivity index (χ1) is 8.10. The largest absolute Gasteiger partial charge is 0.389 e. The van der Waals surface area contributed by atoms with Gasteiger partial charge in [-0.1, -0.05) is 12.1 Å². The Bertz CT molecular complexity index is 449. The van der Waals surface area contributed by atoms with Crippen molar-refractivity contribution in [3.63, 3.8) is 0 Å². The number of hydrogen-bond acceptors (Lipinski definition) is 3. The highest BCUT2D eigenvalue weighted by Crippen LogP contribution is 2.43. The fourth-order valence-electron chi connectivity index (χ4n) is 2.26. The van der Waals surface area contributed by atoms with Gasteiger partial charge in [-0.3, -0.25) is 4.79 Å². The monoisotopic (exact) mass is 232 g/mol. The fraction of sp³-hybridized carbons (Fsp3) is 0.462. The number of aliphatic hydroxyl groups excluding tert-OH is 1. The molecule has 2 aliphatic rings. The van der Waals surface area contributed by atoms with Gasteiger partial charge in [0.2, 0.25) is 5.91 Å². The van der Waals surface area contributed by atoms with Crippen molar-refractivity contribution in [1.82, 2.24) is 5.43 Å². The Morgan fingerprint density at radius 2 is 2.00 bits per heavy atom. The van der Waals surface area contributed by atoms with Gasteiger partial charge in [0, 0.05) is 12.0 Å². The van der Waals surface area contributed by atoms with Crippen LogP contribution in [0, 0.1) is 0 Å². The SMILES string of the molecule is CC(O)c1ccc(N2NC3(CC3)CC2=O)cc1. The number of anilines is 1. The highest BCUT2D eigenvalue weighted by molar-refractivity contribution is 5.96. The Balaban J connectivity index is 1.82. The predicted octanol–water partition coefficient (Wildman–Crippen LogP) is 1.51. The van der Waals surface area contributed by atoms with Crippen LogP contribution in [0.1, 0.15) is 37.9 Å². The van der Waals surface area contributed by atoms with Gasteiger partial charge < -0.3 is 5.11 Å². The summed E-state index contributed by atoms with van der Waals surface area (Å²) in [6.07, 6.45) is 2.30. The second kappa shape index (κ2) is 3.55. The zero-order valence-corrected chi connectivity index (χ0v) is 9.81. The number of hydrazine groups is 1. The molecular weight excluding hydrogens is 216 g/mol. The molecule has 1 spiro atoms. The number of benzene rings is 1. The Hall–Kier alpha value is -1.39. The van der Waals surface area contributed by atoms with Gasteiger partial charge in [0.15, 0.2) is 0 Å². The summed E-state index contributed by atoms with van der Waals surface area (Å²) in [7, 11) is 0. The standard InChI is InChI=1S/C13H16N2O2/c1-9(16)10-2-4-11(5-3-10)15-12(17)8-13(14-15)6-7-13/h2-5,9,14,16H,6-8H2,1H3. The van der Waals surface area contributed by atoms with Crippen molar-refractivity contribution in [3.05, 3.63) is 29.8 Å². The van der Waals surface area contributed by atoms with E-state index in [1.807, 2.05) is 24.3 Å². The van der Waals surface area contributed by atoms with Crippen LogP contribution in [0.5, 0.6) is 0 Å². The van der Waals surface area contributed by atoms with E-state index in [1.54, 1.807) is 11.9 Å². The van der Waals surface area contributed by atoms with Crippen LogP contribution in [0.2, 0.25) is 0 Å². The maximum absolute atomic E-state index is 11.9. The summed E-state index contributed by atoms with van der Waals surface area (Å²) in [6, 6.07) is 7.45. The Morgan fingerprint density at radius 3 is 2.47 bits per heavy atom. The molecule has 1 aliphatic carbocycles. The molecule has 90 valence electrons. The lowest BCUT2D eigenvalue weighted by Crippen LogP contribution is -2.38. The molecule has 1 atom stereocenters. The number of carbonyl (C=O) groups excluding carboxylic acids is 1. The Labute approximate surface area is 100 Å². The summed E-state index contributed by atoms with van der Waals surface area (Å²) in [6.45, 7) is 1.73. The number of hydrogen-bond donors (Lipinski definition) is 2. The van der Waals surface area contributed by atoms with Crippen molar-refractivity contribution < 1.29 is 9.90 Å². The average Bonchev–Trinajstić information content (AvgIpc) is 2.97. The topological polar surface area (TPSA) is 52.6 Å². The number of rotatable bonds is 2. The van der Waals surface area contributed by atoms with Crippen LogP contribution in [0.3, 0.4) is 0 Å². The molecule has 1 aromatic rings. The van der Waals surface area contributed by atoms with Crippen LogP contribution in [-0.2, 0) is 4.79 Å². The van der Waals surface area contributed by atoms with Crippen LogP contribution in [0.25, 0.3) is 0 Å². The third kappa shape index (κ3) is 1.83. The van der Waals surface area contributed by atoms with Gasteiger partial charge in [-0.15, -0.1) is 0 Å². The predicted molar refractivity (Wildman–Crippen MR) is 64.3 cm³/mol. The minimum Gasteiger partial charge on any atom is -0.389 e. The Kier molecular flexibility index (Phi) is 2.24. The molecule has 0 bridgehead atoms. The number of nitrogens with zero attached hydrogens (tertiary/aromatic N) is 1. The van der Waals surface area contributed by atoms with Gasteiger partial charge in [-0.05, 0) is 37.5 Å². The van der Waals surface area contributed by atoms with Crippen LogP contribution >= 0.6 is 0 Å². The molecule has 4 nitrogen and oxygen atoms in total. The van der Waals surface area contributed by atoms with Crippen LogP contribution in [0.15, 0.2) is 24.3 Å². The van der Waals surface area contributed by atoms with Crippen LogP contribution < -0.4 is 10.4 Å².